The molecule has 5 heteroatoms. The average Bonchev–Trinajstić information content (AvgIpc) is 2.44. The standard InChI is InChI=1S/C9H8ClNO2S/c1-11-8-6(14-9(11)12)4-3-5(13-2)7(8)10/h3-4H,1-2H3. The Balaban J connectivity index is 2.93. The van der Waals surface area contributed by atoms with Crippen LogP contribution in [0.15, 0.2) is 16.9 Å². The van der Waals surface area contributed by atoms with Gasteiger partial charge in [0.25, 0.3) is 0 Å². The van der Waals surface area contributed by atoms with Crippen molar-refractivity contribution in [2.75, 3.05) is 7.11 Å². The molecule has 1 aromatic carbocycles. The number of benzene rings is 1. The van der Waals surface area contributed by atoms with E-state index >= 15 is 0 Å². The van der Waals surface area contributed by atoms with E-state index < -0.39 is 0 Å². The number of methoxy groups -OCH3 is 1. The zero-order chi connectivity index (χ0) is 10.3. The van der Waals surface area contributed by atoms with E-state index in [1.807, 2.05) is 6.07 Å². The number of halogens is 1. The Labute approximate surface area is 89.5 Å². The van der Waals surface area contributed by atoms with E-state index in [1.54, 1.807) is 20.2 Å². The number of thiazole rings is 1. The molecule has 0 aliphatic rings. The average molecular weight is 230 g/mol. The van der Waals surface area contributed by atoms with Crippen molar-refractivity contribution < 1.29 is 4.74 Å². The van der Waals surface area contributed by atoms with Gasteiger partial charge in [-0.05, 0) is 12.1 Å². The fourth-order valence-corrected chi connectivity index (χ4v) is 2.65. The molecule has 74 valence electrons. The lowest BCUT2D eigenvalue weighted by Crippen LogP contribution is -2.06. The van der Waals surface area contributed by atoms with Crippen LogP contribution in [-0.4, -0.2) is 11.7 Å². The maximum absolute atomic E-state index is 11.4. The van der Waals surface area contributed by atoms with Crippen LogP contribution in [0.3, 0.4) is 0 Å². The highest BCUT2D eigenvalue weighted by molar-refractivity contribution is 7.16. The summed E-state index contributed by atoms with van der Waals surface area (Å²) < 4.78 is 7.49. The third kappa shape index (κ3) is 1.22. The lowest BCUT2D eigenvalue weighted by Gasteiger charge is -2.03. The van der Waals surface area contributed by atoms with Gasteiger partial charge in [0.15, 0.2) is 0 Å². The zero-order valence-corrected chi connectivity index (χ0v) is 9.28. The number of ether oxygens (including phenoxy) is 1. The van der Waals surface area contributed by atoms with Crippen molar-refractivity contribution in [2.24, 2.45) is 7.05 Å². The predicted molar refractivity (Wildman–Crippen MR) is 58.6 cm³/mol. The van der Waals surface area contributed by atoms with E-state index in [4.69, 9.17) is 16.3 Å². The van der Waals surface area contributed by atoms with Gasteiger partial charge in [0.2, 0.25) is 0 Å². The van der Waals surface area contributed by atoms with Crippen molar-refractivity contribution >= 4 is 33.2 Å². The second-order valence-electron chi connectivity index (χ2n) is 2.86. The molecule has 2 aromatic rings. The first-order valence-corrected chi connectivity index (χ1v) is 5.16. The van der Waals surface area contributed by atoms with E-state index in [0.29, 0.717) is 10.8 Å². The molecule has 0 amide bonds. The fraction of sp³-hybridized carbons (Fsp3) is 0.222. The monoisotopic (exact) mass is 229 g/mol. The van der Waals surface area contributed by atoms with Crippen molar-refractivity contribution in [3.8, 4) is 5.75 Å². The topological polar surface area (TPSA) is 31.2 Å². The van der Waals surface area contributed by atoms with Crippen LogP contribution in [0.5, 0.6) is 5.75 Å². The van der Waals surface area contributed by atoms with E-state index in [0.717, 1.165) is 10.2 Å². The molecule has 1 heterocycles. The van der Waals surface area contributed by atoms with Gasteiger partial charge >= 0.3 is 4.87 Å². The molecule has 1 aromatic heterocycles. The second-order valence-corrected chi connectivity index (χ2v) is 4.23. The number of hydrogen-bond acceptors (Lipinski definition) is 3. The highest BCUT2D eigenvalue weighted by Gasteiger charge is 2.11. The molecule has 0 aliphatic carbocycles. The second kappa shape index (κ2) is 3.29. The minimum absolute atomic E-state index is 0.0184. The molecule has 0 radical (unpaired) electrons. The fourth-order valence-electron chi connectivity index (χ4n) is 1.33. The van der Waals surface area contributed by atoms with Crippen LogP contribution in [0.2, 0.25) is 5.02 Å². The van der Waals surface area contributed by atoms with Crippen molar-refractivity contribution in [3.05, 3.63) is 26.8 Å². The molecular weight excluding hydrogens is 222 g/mol. The quantitative estimate of drug-likeness (QED) is 0.751. The summed E-state index contributed by atoms with van der Waals surface area (Å²) in [5, 5.41) is 0.492. The van der Waals surface area contributed by atoms with Gasteiger partial charge in [-0.25, -0.2) is 0 Å². The summed E-state index contributed by atoms with van der Waals surface area (Å²) >= 11 is 7.26. The SMILES string of the molecule is COc1ccc2sc(=O)n(C)c2c1Cl. The maximum atomic E-state index is 11.4. The largest absolute Gasteiger partial charge is 0.495 e. The molecule has 0 aliphatic heterocycles. The first-order chi connectivity index (χ1) is 6.65. The summed E-state index contributed by atoms with van der Waals surface area (Å²) in [6.07, 6.45) is 0. The molecule has 0 unspecified atom stereocenters. The lowest BCUT2D eigenvalue weighted by molar-refractivity contribution is 0.415. The summed E-state index contributed by atoms with van der Waals surface area (Å²) in [5.74, 6) is 0.590. The van der Waals surface area contributed by atoms with Crippen LogP contribution < -0.4 is 9.61 Å². The van der Waals surface area contributed by atoms with Crippen molar-refractivity contribution in [1.29, 1.82) is 0 Å². The third-order valence-electron chi connectivity index (χ3n) is 2.07. The normalized spacial score (nSPS) is 10.8. The van der Waals surface area contributed by atoms with Crippen LogP contribution in [0.25, 0.3) is 10.2 Å². The van der Waals surface area contributed by atoms with Gasteiger partial charge in [-0.2, -0.15) is 0 Å². The minimum atomic E-state index is -0.0184. The Morgan fingerprint density at radius 3 is 2.86 bits per heavy atom. The minimum Gasteiger partial charge on any atom is -0.495 e. The Hall–Kier alpha value is -1.00. The molecule has 14 heavy (non-hydrogen) atoms. The summed E-state index contributed by atoms with van der Waals surface area (Å²) in [6.45, 7) is 0. The van der Waals surface area contributed by atoms with Gasteiger partial charge < -0.3 is 9.30 Å². The molecule has 3 nitrogen and oxygen atoms in total. The van der Waals surface area contributed by atoms with E-state index in [-0.39, 0.29) is 4.87 Å². The lowest BCUT2D eigenvalue weighted by atomic mass is 10.3. The first-order valence-electron chi connectivity index (χ1n) is 3.97. The van der Waals surface area contributed by atoms with Gasteiger partial charge in [-0.1, -0.05) is 22.9 Å². The first kappa shape index (κ1) is 9.55. The molecule has 0 saturated carbocycles. The highest BCUT2D eigenvalue weighted by Crippen LogP contribution is 2.33. The molecule has 2 rings (SSSR count). The summed E-state index contributed by atoms with van der Waals surface area (Å²) in [6, 6.07) is 3.60. The summed E-state index contributed by atoms with van der Waals surface area (Å²) in [5.41, 5.74) is 0.737. The van der Waals surface area contributed by atoms with E-state index in [1.165, 1.54) is 15.9 Å². The Morgan fingerprint density at radius 1 is 1.50 bits per heavy atom. The van der Waals surface area contributed by atoms with E-state index in [2.05, 4.69) is 0 Å². The summed E-state index contributed by atoms with van der Waals surface area (Å²) in [7, 11) is 3.25. The molecular formula is C9H8ClNO2S. The third-order valence-corrected chi connectivity index (χ3v) is 3.43. The van der Waals surface area contributed by atoms with Crippen molar-refractivity contribution in [3.63, 3.8) is 0 Å². The van der Waals surface area contributed by atoms with Crippen molar-refractivity contribution in [1.82, 2.24) is 4.57 Å². The molecule has 0 saturated heterocycles. The molecule has 0 spiro atoms. The number of hydrogen-bond donors (Lipinski definition) is 0. The molecule has 0 N–H and O–H groups in total. The smallest absolute Gasteiger partial charge is 0.307 e. The van der Waals surface area contributed by atoms with Gasteiger partial charge in [0.05, 0.1) is 17.3 Å². The van der Waals surface area contributed by atoms with Crippen molar-refractivity contribution in [2.45, 2.75) is 0 Å². The van der Waals surface area contributed by atoms with Gasteiger partial charge in [0.1, 0.15) is 10.8 Å². The van der Waals surface area contributed by atoms with Crippen LogP contribution in [0, 0.1) is 0 Å². The zero-order valence-electron chi connectivity index (χ0n) is 7.70. The van der Waals surface area contributed by atoms with Gasteiger partial charge in [-0.15, -0.1) is 0 Å². The van der Waals surface area contributed by atoms with E-state index in [9.17, 15) is 4.79 Å². The van der Waals surface area contributed by atoms with Crippen LogP contribution in [-0.2, 0) is 7.05 Å². The highest BCUT2D eigenvalue weighted by atomic mass is 35.5. The molecule has 0 atom stereocenters. The molecule has 0 bridgehead atoms. The number of aromatic nitrogens is 1. The number of aryl methyl sites for hydroxylation is 1. The summed E-state index contributed by atoms with van der Waals surface area (Å²) in [4.78, 5) is 11.4. The van der Waals surface area contributed by atoms with Crippen LogP contribution >= 0.6 is 22.9 Å². The van der Waals surface area contributed by atoms with Crippen LogP contribution in [0.4, 0.5) is 0 Å². The Morgan fingerprint density at radius 2 is 2.21 bits per heavy atom. The maximum Gasteiger partial charge on any atom is 0.307 e. The molecule has 0 fully saturated rings. The Kier molecular flexibility index (Phi) is 2.25. The van der Waals surface area contributed by atoms with Crippen LogP contribution in [0.1, 0.15) is 0 Å². The number of nitrogens with zero attached hydrogens (tertiary/aromatic N) is 1. The number of fused-ring (bicyclic) bond motifs is 1. The Bertz CT molecular complexity index is 543. The number of rotatable bonds is 1. The van der Waals surface area contributed by atoms with Gasteiger partial charge in [0, 0.05) is 7.05 Å². The predicted octanol–water partition coefficient (Wildman–Crippen LogP) is 2.26. The van der Waals surface area contributed by atoms with Gasteiger partial charge in [-0.3, -0.25) is 4.79 Å².